The molecule has 21 heavy (non-hydrogen) atoms. The highest BCUT2D eigenvalue weighted by atomic mass is 32.2. The highest BCUT2D eigenvalue weighted by Gasteiger charge is 2.09. The van der Waals surface area contributed by atoms with Crippen molar-refractivity contribution in [3.8, 4) is 5.75 Å². The third-order valence-corrected chi connectivity index (χ3v) is 4.32. The lowest BCUT2D eigenvalue weighted by atomic mass is 10.3. The van der Waals surface area contributed by atoms with Crippen LogP contribution in [0.4, 0.5) is 5.69 Å². The second-order valence-electron chi connectivity index (χ2n) is 4.23. The van der Waals surface area contributed by atoms with Crippen LogP contribution in [-0.2, 0) is 4.79 Å². The van der Waals surface area contributed by atoms with E-state index in [1.54, 1.807) is 0 Å². The molecule has 0 aliphatic rings. The normalized spacial score (nSPS) is 10.0. The first kappa shape index (κ1) is 17.8. The molecule has 1 N–H and O–H groups in total. The Kier molecular flexibility index (Phi) is 8.15. The number of amides is 1. The van der Waals surface area contributed by atoms with Gasteiger partial charge in [-0.25, -0.2) is 0 Å². The van der Waals surface area contributed by atoms with Crippen LogP contribution in [0.3, 0.4) is 0 Å². The Hall–Kier alpha value is -1.27. The van der Waals surface area contributed by atoms with Gasteiger partial charge in [0.15, 0.2) is 0 Å². The smallest absolute Gasteiger partial charge is 0.234 e. The highest BCUT2D eigenvalue weighted by molar-refractivity contribution is 8.23. The van der Waals surface area contributed by atoms with Crippen molar-refractivity contribution in [2.24, 2.45) is 0 Å². The molecule has 1 rings (SSSR count). The fourth-order valence-corrected chi connectivity index (χ4v) is 2.90. The molecule has 116 valence electrons. The van der Waals surface area contributed by atoms with Crippen molar-refractivity contribution in [3.05, 3.63) is 24.3 Å². The quantitative estimate of drug-likeness (QED) is 0.778. The Morgan fingerprint density at radius 3 is 2.38 bits per heavy atom. The molecule has 0 radical (unpaired) electrons. The monoisotopic (exact) mass is 326 g/mol. The van der Waals surface area contributed by atoms with Crippen LogP contribution in [0, 0.1) is 0 Å². The molecule has 0 aliphatic carbocycles. The summed E-state index contributed by atoms with van der Waals surface area (Å²) in [6, 6.07) is 7.34. The van der Waals surface area contributed by atoms with Crippen molar-refractivity contribution < 1.29 is 9.53 Å². The number of thioether (sulfide) groups is 1. The molecule has 0 aromatic heterocycles. The van der Waals surface area contributed by atoms with E-state index in [1.807, 2.05) is 31.2 Å². The van der Waals surface area contributed by atoms with Gasteiger partial charge >= 0.3 is 0 Å². The molecule has 0 fully saturated rings. The summed E-state index contributed by atoms with van der Waals surface area (Å²) >= 11 is 6.69. The predicted molar refractivity (Wildman–Crippen MR) is 94.2 cm³/mol. The van der Waals surface area contributed by atoms with Crippen LogP contribution < -0.4 is 10.1 Å². The van der Waals surface area contributed by atoms with Crippen LogP contribution >= 0.6 is 24.0 Å². The van der Waals surface area contributed by atoms with Gasteiger partial charge in [0.2, 0.25) is 5.91 Å². The van der Waals surface area contributed by atoms with Gasteiger partial charge in [0.05, 0.1) is 12.4 Å². The van der Waals surface area contributed by atoms with Gasteiger partial charge in [-0.05, 0) is 45.0 Å². The van der Waals surface area contributed by atoms with E-state index < -0.39 is 0 Å². The maximum absolute atomic E-state index is 11.9. The maximum atomic E-state index is 11.9. The summed E-state index contributed by atoms with van der Waals surface area (Å²) in [5.41, 5.74) is 0.762. The number of carbonyl (C=O) groups is 1. The molecule has 0 bridgehead atoms. The van der Waals surface area contributed by atoms with Crippen molar-refractivity contribution in [2.75, 3.05) is 30.8 Å². The van der Waals surface area contributed by atoms with Crippen LogP contribution in [0.1, 0.15) is 20.8 Å². The zero-order valence-corrected chi connectivity index (χ0v) is 14.4. The first-order chi connectivity index (χ1) is 10.1. The summed E-state index contributed by atoms with van der Waals surface area (Å²) in [5.74, 6) is 1.06. The molecular weight excluding hydrogens is 304 g/mol. The lowest BCUT2D eigenvalue weighted by molar-refractivity contribution is -0.113. The molecule has 0 unspecified atom stereocenters. The van der Waals surface area contributed by atoms with E-state index in [0.717, 1.165) is 28.8 Å². The molecule has 6 heteroatoms. The van der Waals surface area contributed by atoms with E-state index in [9.17, 15) is 4.79 Å². The molecule has 0 saturated carbocycles. The minimum absolute atomic E-state index is 0.0568. The number of benzene rings is 1. The van der Waals surface area contributed by atoms with E-state index in [2.05, 4.69) is 24.1 Å². The molecular formula is C15H22N2O2S2. The van der Waals surface area contributed by atoms with Crippen molar-refractivity contribution >= 4 is 39.9 Å². The van der Waals surface area contributed by atoms with Gasteiger partial charge in [0, 0.05) is 18.8 Å². The molecule has 0 heterocycles. The lowest BCUT2D eigenvalue weighted by Gasteiger charge is -2.20. The van der Waals surface area contributed by atoms with Crippen LogP contribution in [0.5, 0.6) is 5.75 Å². The summed E-state index contributed by atoms with van der Waals surface area (Å²) in [4.78, 5) is 13.9. The summed E-state index contributed by atoms with van der Waals surface area (Å²) in [6.45, 7) is 8.40. The number of hydrogen-bond acceptors (Lipinski definition) is 4. The number of rotatable bonds is 7. The minimum atomic E-state index is -0.0568. The van der Waals surface area contributed by atoms with Gasteiger partial charge in [-0.15, -0.1) is 0 Å². The van der Waals surface area contributed by atoms with Crippen LogP contribution in [0.2, 0.25) is 0 Å². The number of anilines is 1. The van der Waals surface area contributed by atoms with Crippen molar-refractivity contribution in [2.45, 2.75) is 20.8 Å². The molecule has 1 amide bonds. The standard InChI is InChI=1S/C15H22N2O2S2/c1-4-17(5-2)15(20)21-11-14(18)16-12-7-9-13(10-8-12)19-6-3/h7-10H,4-6,11H2,1-3H3,(H,16,18). The van der Waals surface area contributed by atoms with E-state index in [1.165, 1.54) is 11.8 Å². The van der Waals surface area contributed by atoms with E-state index in [0.29, 0.717) is 12.4 Å². The Morgan fingerprint density at radius 1 is 1.24 bits per heavy atom. The van der Waals surface area contributed by atoms with Gasteiger partial charge in [0.1, 0.15) is 10.1 Å². The zero-order valence-electron chi connectivity index (χ0n) is 12.7. The number of ether oxygens (including phenoxy) is 1. The Bertz CT molecular complexity index is 459. The van der Waals surface area contributed by atoms with Gasteiger partial charge in [-0.3, -0.25) is 4.79 Å². The SMILES string of the molecule is CCOc1ccc(NC(=O)CSC(=S)N(CC)CC)cc1. The Labute approximate surface area is 136 Å². The number of nitrogens with zero attached hydrogens (tertiary/aromatic N) is 1. The van der Waals surface area contributed by atoms with Gasteiger partial charge in [-0.1, -0.05) is 24.0 Å². The first-order valence-corrected chi connectivity index (χ1v) is 8.44. The molecule has 1 aromatic rings. The third kappa shape index (κ3) is 6.35. The summed E-state index contributed by atoms with van der Waals surface area (Å²) in [5, 5.41) is 2.85. The maximum Gasteiger partial charge on any atom is 0.234 e. The zero-order chi connectivity index (χ0) is 15.7. The van der Waals surface area contributed by atoms with Crippen molar-refractivity contribution in [1.82, 2.24) is 4.90 Å². The predicted octanol–water partition coefficient (Wildman–Crippen LogP) is 3.38. The summed E-state index contributed by atoms with van der Waals surface area (Å²) in [6.07, 6.45) is 0. The number of thiocarbonyl (C=S) groups is 1. The molecule has 1 aromatic carbocycles. The van der Waals surface area contributed by atoms with Gasteiger partial charge in [0.25, 0.3) is 0 Å². The van der Waals surface area contributed by atoms with Crippen molar-refractivity contribution in [1.29, 1.82) is 0 Å². The second kappa shape index (κ2) is 9.63. The summed E-state index contributed by atoms with van der Waals surface area (Å²) < 4.78 is 6.12. The molecule has 0 spiro atoms. The average Bonchev–Trinajstić information content (AvgIpc) is 2.49. The molecule has 4 nitrogen and oxygen atoms in total. The van der Waals surface area contributed by atoms with E-state index in [-0.39, 0.29) is 5.91 Å². The largest absolute Gasteiger partial charge is 0.494 e. The lowest BCUT2D eigenvalue weighted by Crippen LogP contribution is -2.28. The first-order valence-electron chi connectivity index (χ1n) is 7.05. The molecule has 0 saturated heterocycles. The van der Waals surface area contributed by atoms with Gasteiger partial charge in [-0.2, -0.15) is 0 Å². The molecule has 0 atom stereocenters. The van der Waals surface area contributed by atoms with Crippen LogP contribution in [0.15, 0.2) is 24.3 Å². The highest BCUT2D eigenvalue weighted by Crippen LogP contribution is 2.16. The Morgan fingerprint density at radius 2 is 1.86 bits per heavy atom. The topological polar surface area (TPSA) is 41.6 Å². The van der Waals surface area contributed by atoms with Gasteiger partial charge < -0.3 is 15.0 Å². The average molecular weight is 326 g/mol. The van der Waals surface area contributed by atoms with E-state index >= 15 is 0 Å². The molecule has 0 aliphatic heterocycles. The Balaban J connectivity index is 2.41. The van der Waals surface area contributed by atoms with E-state index in [4.69, 9.17) is 17.0 Å². The summed E-state index contributed by atoms with van der Waals surface area (Å²) in [7, 11) is 0. The second-order valence-corrected chi connectivity index (χ2v) is 5.84. The van der Waals surface area contributed by atoms with Crippen molar-refractivity contribution in [3.63, 3.8) is 0 Å². The number of nitrogens with one attached hydrogen (secondary N) is 1. The fourth-order valence-electron chi connectivity index (χ4n) is 1.70. The minimum Gasteiger partial charge on any atom is -0.494 e. The van der Waals surface area contributed by atoms with Crippen LogP contribution in [0.25, 0.3) is 0 Å². The fraction of sp³-hybridized carbons (Fsp3) is 0.467. The number of hydrogen-bond donors (Lipinski definition) is 1. The third-order valence-electron chi connectivity index (χ3n) is 2.80. The van der Waals surface area contributed by atoms with Crippen LogP contribution in [-0.4, -0.2) is 40.6 Å². The number of carbonyl (C=O) groups excluding carboxylic acids is 1.